The van der Waals surface area contributed by atoms with Gasteiger partial charge >= 0.3 is 12.2 Å². The number of benzene rings is 1. The molecule has 29 heavy (non-hydrogen) atoms. The third kappa shape index (κ3) is 4.50. The maximum absolute atomic E-state index is 12.3. The van der Waals surface area contributed by atoms with Crippen molar-refractivity contribution in [1.82, 2.24) is 14.7 Å². The van der Waals surface area contributed by atoms with Gasteiger partial charge in [0.1, 0.15) is 6.61 Å². The van der Waals surface area contributed by atoms with Crippen LogP contribution in [-0.2, 0) is 16.1 Å². The molecule has 0 aromatic heterocycles. The standard InChI is InChI=1S/C22H31N3O4/c1-2-28-21(27)25-16-22(17-25)9-8-19(14-22)23-10-12-24(13-11-23)20(26)29-15-18-6-4-3-5-7-18/h3-7,19H,2,8-17H2,1H3/t19-/m1/s1. The lowest BCUT2D eigenvalue weighted by Gasteiger charge is -2.48. The summed E-state index contributed by atoms with van der Waals surface area (Å²) in [6.07, 6.45) is 3.09. The van der Waals surface area contributed by atoms with Crippen LogP contribution in [0.3, 0.4) is 0 Å². The minimum absolute atomic E-state index is 0.177. The molecule has 158 valence electrons. The van der Waals surface area contributed by atoms with Crippen LogP contribution in [0.1, 0.15) is 31.7 Å². The normalized spacial score (nSPS) is 23.7. The SMILES string of the molecule is CCOC(=O)N1CC2(CC[C@@H](N3CCN(C(=O)OCc4ccccc4)CC3)C2)C1. The molecule has 3 aliphatic rings. The van der Waals surface area contributed by atoms with Gasteiger partial charge in [-0.1, -0.05) is 30.3 Å². The summed E-state index contributed by atoms with van der Waals surface area (Å²) in [5.74, 6) is 0. The zero-order valence-corrected chi connectivity index (χ0v) is 17.2. The molecule has 3 fully saturated rings. The topological polar surface area (TPSA) is 62.3 Å². The fraction of sp³-hybridized carbons (Fsp3) is 0.636. The van der Waals surface area contributed by atoms with E-state index in [-0.39, 0.29) is 17.6 Å². The van der Waals surface area contributed by atoms with Gasteiger partial charge < -0.3 is 19.3 Å². The molecule has 1 atom stereocenters. The van der Waals surface area contributed by atoms with Crippen molar-refractivity contribution >= 4 is 12.2 Å². The average molecular weight is 402 g/mol. The Labute approximate surface area is 172 Å². The second kappa shape index (κ2) is 8.61. The molecule has 0 unspecified atom stereocenters. The highest BCUT2D eigenvalue weighted by atomic mass is 16.6. The van der Waals surface area contributed by atoms with Gasteiger partial charge in [0.2, 0.25) is 0 Å². The van der Waals surface area contributed by atoms with E-state index >= 15 is 0 Å². The zero-order chi connectivity index (χ0) is 20.3. The minimum Gasteiger partial charge on any atom is -0.450 e. The van der Waals surface area contributed by atoms with Crippen molar-refractivity contribution in [3.8, 4) is 0 Å². The van der Waals surface area contributed by atoms with Crippen LogP contribution in [0.5, 0.6) is 0 Å². The second-order valence-electron chi connectivity index (χ2n) is 8.51. The first-order valence-corrected chi connectivity index (χ1v) is 10.7. The molecule has 2 heterocycles. The van der Waals surface area contributed by atoms with E-state index in [0.717, 1.165) is 38.2 Å². The lowest BCUT2D eigenvalue weighted by Crippen LogP contribution is -2.58. The van der Waals surface area contributed by atoms with Crippen molar-refractivity contribution in [2.75, 3.05) is 45.9 Å². The fourth-order valence-corrected chi connectivity index (χ4v) is 4.96. The monoisotopic (exact) mass is 401 g/mol. The first-order valence-electron chi connectivity index (χ1n) is 10.7. The van der Waals surface area contributed by atoms with E-state index in [9.17, 15) is 9.59 Å². The first kappa shape index (κ1) is 20.0. The summed E-state index contributed by atoms with van der Waals surface area (Å²) >= 11 is 0. The summed E-state index contributed by atoms with van der Waals surface area (Å²) in [6.45, 7) is 7.47. The number of nitrogens with zero attached hydrogens (tertiary/aromatic N) is 3. The average Bonchev–Trinajstić information content (AvgIpc) is 3.18. The summed E-state index contributed by atoms with van der Waals surface area (Å²) in [7, 11) is 0. The van der Waals surface area contributed by atoms with Gasteiger partial charge in [0.25, 0.3) is 0 Å². The smallest absolute Gasteiger partial charge is 0.410 e. The summed E-state index contributed by atoms with van der Waals surface area (Å²) in [6, 6.07) is 10.3. The molecule has 2 aliphatic heterocycles. The van der Waals surface area contributed by atoms with Gasteiger partial charge in [0.05, 0.1) is 6.61 Å². The molecule has 2 amide bonds. The number of amides is 2. The van der Waals surface area contributed by atoms with Gasteiger partial charge in [-0.25, -0.2) is 9.59 Å². The highest BCUT2D eigenvalue weighted by Crippen LogP contribution is 2.47. The van der Waals surface area contributed by atoms with Gasteiger partial charge in [-0.2, -0.15) is 0 Å². The third-order valence-corrected chi connectivity index (χ3v) is 6.55. The molecule has 7 nitrogen and oxygen atoms in total. The second-order valence-corrected chi connectivity index (χ2v) is 8.51. The highest BCUT2D eigenvalue weighted by molar-refractivity contribution is 5.69. The van der Waals surface area contributed by atoms with E-state index in [0.29, 0.717) is 32.3 Å². The van der Waals surface area contributed by atoms with Crippen LogP contribution in [-0.4, -0.2) is 78.8 Å². The summed E-state index contributed by atoms with van der Waals surface area (Å²) in [4.78, 5) is 30.3. The fourth-order valence-electron chi connectivity index (χ4n) is 4.96. The molecule has 0 radical (unpaired) electrons. The van der Waals surface area contributed by atoms with Crippen LogP contribution >= 0.6 is 0 Å². The molecule has 2 saturated heterocycles. The molecule has 1 aromatic carbocycles. The predicted octanol–water partition coefficient (Wildman–Crippen LogP) is 2.95. The summed E-state index contributed by atoms with van der Waals surface area (Å²) in [5.41, 5.74) is 1.29. The van der Waals surface area contributed by atoms with Gasteiger partial charge in [-0.15, -0.1) is 0 Å². The predicted molar refractivity (Wildman–Crippen MR) is 108 cm³/mol. The number of piperazine rings is 1. The van der Waals surface area contributed by atoms with E-state index in [1.54, 1.807) is 0 Å². The number of carbonyl (C=O) groups is 2. The van der Waals surface area contributed by atoms with Gasteiger partial charge in [-0.3, -0.25) is 4.90 Å². The van der Waals surface area contributed by atoms with E-state index in [2.05, 4.69) is 4.90 Å². The molecule has 1 aliphatic carbocycles. The lowest BCUT2D eigenvalue weighted by atomic mass is 9.78. The Morgan fingerprint density at radius 2 is 1.69 bits per heavy atom. The highest BCUT2D eigenvalue weighted by Gasteiger charge is 2.51. The molecular formula is C22H31N3O4. The molecule has 1 aromatic rings. The van der Waals surface area contributed by atoms with E-state index in [1.165, 1.54) is 12.8 Å². The largest absolute Gasteiger partial charge is 0.450 e. The van der Waals surface area contributed by atoms with Crippen molar-refractivity contribution < 1.29 is 19.1 Å². The number of rotatable bonds is 4. The van der Waals surface area contributed by atoms with Crippen molar-refractivity contribution in [3.05, 3.63) is 35.9 Å². The number of hydrogen-bond acceptors (Lipinski definition) is 5. The zero-order valence-electron chi connectivity index (χ0n) is 17.2. The Balaban J connectivity index is 1.19. The maximum atomic E-state index is 12.3. The summed E-state index contributed by atoms with van der Waals surface area (Å²) in [5, 5.41) is 0. The molecule has 0 N–H and O–H groups in total. The van der Waals surface area contributed by atoms with Crippen molar-refractivity contribution in [1.29, 1.82) is 0 Å². The molecule has 7 heteroatoms. The van der Waals surface area contributed by atoms with Gasteiger partial charge in [0, 0.05) is 50.7 Å². The van der Waals surface area contributed by atoms with Gasteiger partial charge in [-0.05, 0) is 31.7 Å². The molecule has 4 rings (SSSR count). The van der Waals surface area contributed by atoms with Crippen LogP contribution in [0.4, 0.5) is 9.59 Å². The van der Waals surface area contributed by atoms with Crippen LogP contribution in [0.2, 0.25) is 0 Å². The summed E-state index contributed by atoms with van der Waals surface area (Å²) < 4.78 is 10.6. The lowest BCUT2D eigenvalue weighted by molar-refractivity contribution is -0.00488. The molecule has 0 bridgehead atoms. The van der Waals surface area contributed by atoms with Crippen molar-refractivity contribution in [2.24, 2.45) is 5.41 Å². The number of likely N-dealkylation sites (tertiary alicyclic amines) is 1. The maximum Gasteiger partial charge on any atom is 0.410 e. The van der Waals surface area contributed by atoms with Crippen LogP contribution in [0, 0.1) is 5.41 Å². The number of ether oxygens (including phenoxy) is 2. The molecule has 1 spiro atoms. The Hall–Kier alpha value is -2.28. The van der Waals surface area contributed by atoms with Crippen molar-refractivity contribution in [2.45, 2.75) is 38.8 Å². The quantitative estimate of drug-likeness (QED) is 0.776. The number of hydrogen-bond donors (Lipinski definition) is 0. The minimum atomic E-state index is -0.222. The third-order valence-electron chi connectivity index (χ3n) is 6.55. The van der Waals surface area contributed by atoms with E-state index in [1.807, 2.05) is 47.1 Å². The Kier molecular flexibility index (Phi) is 5.94. The number of carbonyl (C=O) groups excluding carboxylic acids is 2. The molecule has 1 saturated carbocycles. The van der Waals surface area contributed by atoms with Crippen molar-refractivity contribution in [3.63, 3.8) is 0 Å². The van der Waals surface area contributed by atoms with E-state index in [4.69, 9.17) is 9.47 Å². The van der Waals surface area contributed by atoms with Crippen LogP contribution in [0.15, 0.2) is 30.3 Å². The van der Waals surface area contributed by atoms with Crippen LogP contribution < -0.4 is 0 Å². The van der Waals surface area contributed by atoms with Crippen LogP contribution in [0.25, 0.3) is 0 Å². The Morgan fingerprint density at radius 1 is 1.00 bits per heavy atom. The van der Waals surface area contributed by atoms with E-state index < -0.39 is 0 Å². The molecular weight excluding hydrogens is 370 g/mol. The Bertz CT molecular complexity index is 712. The first-order chi connectivity index (χ1) is 14.1. The van der Waals surface area contributed by atoms with Gasteiger partial charge in [0.15, 0.2) is 0 Å². The Morgan fingerprint density at radius 3 is 2.38 bits per heavy atom.